The first-order chi connectivity index (χ1) is 7.52. The van der Waals surface area contributed by atoms with Crippen LogP contribution in [0.15, 0.2) is 23.4 Å². The van der Waals surface area contributed by atoms with E-state index in [1.54, 1.807) is 19.9 Å². The van der Waals surface area contributed by atoms with Gasteiger partial charge >= 0.3 is 0 Å². The Labute approximate surface area is 92.9 Å². The van der Waals surface area contributed by atoms with Crippen LogP contribution >= 0.6 is 0 Å². The fourth-order valence-corrected chi connectivity index (χ4v) is 1.22. The molecular weight excluding hydrogens is 214 g/mol. The van der Waals surface area contributed by atoms with Crippen molar-refractivity contribution in [1.29, 1.82) is 0 Å². The largest absolute Gasteiger partial charge is 0.398 e. The molecule has 88 valence electrons. The van der Waals surface area contributed by atoms with Crippen molar-refractivity contribution in [3.63, 3.8) is 0 Å². The summed E-state index contributed by atoms with van der Waals surface area (Å²) in [7, 11) is 0. The Morgan fingerprint density at radius 2 is 2.12 bits per heavy atom. The average molecular weight is 228 g/mol. The molecule has 3 nitrogen and oxygen atoms in total. The molecule has 0 saturated carbocycles. The molecule has 0 unspecified atom stereocenters. The molecule has 16 heavy (non-hydrogen) atoms. The second-order valence-electron chi connectivity index (χ2n) is 3.53. The maximum absolute atomic E-state index is 12.6. The van der Waals surface area contributed by atoms with Gasteiger partial charge in [0.1, 0.15) is 6.61 Å². The highest BCUT2D eigenvalue weighted by atomic mass is 19.3. The van der Waals surface area contributed by atoms with Gasteiger partial charge in [-0.25, -0.2) is 8.78 Å². The van der Waals surface area contributed by atoms with Gasteiger partial charge in [-0.3, -0.25) is 0 Å². The van der Waals surface area contributed by atoms with Crippen molar-refractivity contribution in [2.45, 2.75) is 26.9 Å². The number of halogens is 2. The van der Waals surface area contributed by atoms with Gasteiger partial charge in [0.15, 0.2) is 0 Å². The molecule has 0 radical (unpaired) electrons. The van der Waals surface area contributed by atoms with Crippen molar-refractivity contribution >= 4 is 11.4 Å². The van der Waals surface area contributed by atoms with Crippen LogP contribution in [-0.2, 0) is 11.4 Å². The number of benzene rings is 1. The van der Waals surface area contributed by atoms with Crippen molar-refractivity contribution in [2.24, 2.45) is 5.16 Å². The molecule has 0 heterocycles. The molecule has 1 rings (SSSR count). The number of hydrogen-bond acceptors (Lipinski definition) is 3. The summed E-state index contributed by atoms with van der Waals surface area (Å²) in [5.41, 5.74) is 6.81. The van der Waals surface area contributed by atoms with E-state index < -0.39 is 6.43 Å². The van der Waals surface area contributed by atoms with E-state index >= 15 is 0 Å². The van der Waals surface area contributed by atoms with Crippen LogP contribution in [0.25, 0.3) is 0 Å². The third-order valence-corrected chi connectivity index (χ3v) is 1.94. The minimum absolute atomic E-state index is 0.0441. The molecule has 0 aromatic heterocycles. The minimum Gasteiger partial charge on any atom is -0.398 e. The zero-order valence-corrected chi connectivity index (χ0v) is 9.21. The van der Waals surface area contributed by atoms with Crippen LogP contribution in [-0.4, -0.2) is 5.71 Å². The highest BCUT2D eigenvalue weighted by Gasteiger charge is 2.15. The quantitative estimate of drug-likeness (QED) is 0.489. The fourth-order valence-electron chi connectivity index (χ4n) is 1.22. The van der Waals surface area contributed by atoms with Gasteiger partial charge in [0.25, 0.3) is 6.43 Å². The summed E-state index contributed by atoms with van der Waals surface area (Å²) in [6.45, 7) is 3.46. The molecule has 0 amide bonds. The fraction of sp³-hybridized carbons (Fsp3) is 0.364. The SMILES string of the molecule is CC(C)=NOCc1c(N)cccc1C(F)F. The van der Waals surface area contributed by atoms with Crippen molar-refractivity contribution in [3.05, 3.63) is 29.3 Å². The van der Waals surface area contributed by atoms with Gasteiger partial charge in [-0.1, -0.05) is 17.3 Å². The number of rotatable bonds is 4. The first-order valence-corrected chi connectivity index (χ1v) is 4.81. The lowest BCUT2D eigenvalue weighted by Crippen LogP contribution is -2.02. The highest BCUT2D eigenvalue weighted by molar-refractivity contribution is 5.78. The first kappa shape index (κ1) is 12.4. The molecule has 0 spiro atoms. The lowest BCUT2D eigenvalue weighted by atomic mass is 10.1. The van der Waals surface area contributed by atoms with E-state index in [4.69, 9.17) is 10.6 Å². The van der Waals surface area contributed by atoms with E-state index in [1.807, 2.05) is 0 Å². The maximum Gasteiger partial charge on any atom is 0.264 e. The number of nitrogens with two attached hydrogens (primary N) is 1. The van der Waals surface area contributed by atoms with Gasteiger partial charge in [0, 0.05) is 16.8 Å². The second kappa shape index (κ2) is 5.44. The molecule has 0 aliphatic carbocycles. The molecule has 0 bridgehead atoms. The topological polar surface area (TPSA) is 47.6 Å². The van der Waals surface area contributed by atoms with E-state index in [0.717, 1.165) is 0 Å². The third-order valence-electron chi connectivity index (χ3n) is 1.94. The summed E-state index contributed by atoms with van der Waals surface area (Å²) in [6, 6.07) is 4.39. The van der Waals surface area contributed by atoms with Gasteiger partial charge in [0.05, 0.1) is 5.71 Å². The third kappa shape index (κ3) is 3.18. The zero-order valence-electron chi connectivity index (χ0n) is 9.21. The number of nitrogens with zero attached hydrogens (tertiary/aromatic N) is 1. The van der Waals surface area contributed by atoms with Gasteiger partial charge in [0.2, 0.25) is 0 Å². The smallest absolute Gasteiger partial charge is 0.264 e. The molecule has 0 saturated heterocycles. The number of nitrogen functional groups attached to an aromatic ring is 1. The Kier molecular flexibility index (Phi) is 4.22. The van der Waals surface area contributed by atoms with Crippen LogP contribution in [0.3, 0.4) is 0 Å². The van der Waals surface area contributed by atoms with Crippen LogP contribution in [0.2, 0.25) is 0 Å². The molecule has 0 aliphatic rings. The molecule has 1 aromatic rings. The summed E-state index contributed by atoms with van der Waals surface area (Å²) in [5, 5.41) is 3.68. The Hall–Kier alpha value is -1.65. The van der Waals surface area contributed by atoms with Crippen molar-refractivity contribution in [2.75, 3.05) is 5.73 Å². The van der Waals surface area contributed by atoms with E-state index in [2.05, 4.69) is 5.16 Å². The summed E-state index contributed by atoms with van der Waals surface area (Å²) in [5.74, 6) is 0. The number of oxime groups is 1. The minimum atomic E-state index is -2.56. The summed E-state index contributed by atoms with van der Waals surface area (Å²) in [6.07, 6.45) is -2.56. The molecule has 5 heteroatoms. The molecular formula is C11H14F2N2O. The van der Waals surface area contributed by atoms with Crippen molar-refractivity contribution < 1.29 is 13.6 Å². The monoisotopic (exact) mass is 228 g/mol. The summed E-state index contributed by atoms with van der Waals surface area (Å²) < 4.78 is 25.3. The van der Waals surface area contributed by atoms with Crippen LogP contribution < -0.4 is 5.73 Å². The van der Waals surface area contributed by atoms with Crippen molar-refractivity contribution in [1.82, 2.24) is 0 Å². The Balaban J connectivity index is 2.89. The predicted octanol–water partition coefficient (Wildman–Crippen LogP) is 3.12. The van der Waals surface area contributed by atoms with E-state index in [0.29, 0.717) is 17.0 Å². The predicted molar refractivity (Wildman–Crippen MR) is 59.4 cm³/mol. The second-order valence-corrected chi connectivity index (χ2v) is 3.53. The van der Waals surface area contributed by atoms with E-state index in [1.165, 1.54) is 12.1 Å². The standard InChI is InChI=1S/C11H14F2N2O/c1-7(2)15-16-6-9-8(11(12)13)4-3-5-10(9)14/h3-5,11H,6,14H2,1-2H3. The van der Waals surface area contributed by atoms with Gasteiger partial charge < -0.3 is 10.6 Å². The van der Waals surface area contributed by atoms with Crippen LogP contribution in [0.4, 0.5) is 14.5 Å². The first-order valence-electron chi connectivity index (χ1n) is 4.81. The van der Waals surface area contributed by atoms with Gasteiger partial charge in [-0.05, 0) is 19.9 Å². The number of alkyl halides is 2. The Morgan fingerprint density at radius 1 is 1.44 bits per heavy atom. The Morgan fingerprint density at radius 3 is 2.69 bits per heavy atom. The van der Waals surface area contributed by atoms with Gasteiger partial charge in [-0.2, -0.15) is 0 Å². The van der Waals surface area contributed by atoms with E-state index in [-0.39, 0.29) is 12.2 Å². The molecule has 0 fully saturated rings. The van der Waals surface area contributed by atoms with Crippen LogP contribution in [0.1, 0.15) is 31.4 Å². The normalized spacial score (nSPS) is 10.3. The number of anilines is 1. The molecule has 1 aromatic carbocycles. The lowest BCUT2D eigenvalue weighted by molar-refractivity contribution is 0.119. The van der Waals surface area contributed by atoms with Crippen LogP contribution in [0.5, 0.6) is 0 Å². The van der Waals surface area contributed by atoms with Gasteiger partial charge in [-0.15, -0.1) is 0 Å². The van der Waals surface area contributed by atoms with E-state index in [9.17, 15) is 8.78 Å². The van der Waals surface area contributed by atoms with Crippen LogP contribution in [0, 0.1) is 0 Å². The molecule has 0 aliphatic heterocycles. The molecule has 0 atom stereocenters. The average Bonchev–Trinajstić information content (AvgIpc) is 2.19. The lowest BCUT2D eigenvalue weighted by Gasteiger charge is -2.10. The molecule has 2 N–H and O–H groups in total. The van der Waals surface area contributed by atoms with Crippen molar-refractivity contribution in [3.8, 4) is 0 Å². The number of hydrogen-bond donors (Lipinski definition) is 1. The maximum atomic E-state index is 12.6. The Bertz CT molecular complexity index is 388. The zero-order chi connectivity index (χ0) is 12.1. The highest BCUT2D eigenvalue weighted by Crippen LogP contribution is 2.27. The summed E-state index contributed by atoms with van der Waals surface area (Å²) >= 11 is 0. The summed E-state index contributed by atoms with van der Waals surface area (Å²) in [4.78, 5) is 4.93.